The second kappa shape index (κ2) is 6.89. The lowest BCUT2D eigenvalue weighted by molar-refractivity contribution is -0.389. The average Bonchev–Trinajstić information content (AvgIpc) is 2.54. The van der Waals surface area contributed by atoms with Crippen molar-refractivity contribution in [1.82, 2.24) is 15.8 Å². The summed E-state index contributed by atoms with van der Waals surface area (Å²) < 4.78 is 5.46. The van der Waals surface area contributed by atoms with Crippen molar-refractivity contribution in [3.63, 3.8) is 0 Å². The van der Waals surface area contributed by atoms with E-state index in [1.54, 1.807) is 6.92 Å². The number of aromatic nitrogens is 1. The Morgan fingerprint density at radius 2 is 2.12 bits per heavy atom. The molecular formula is C13H15N5O6. The van der Waals surface area contributed by atoms with Gasteiger partial charge >= 0.3 is 5.82 Å². The molecule has 1 atom stereocenters. The molecule has 1 unspecified atom stereocenters. The van der Waals surface area contributed by atoms with Crippen LogP contribution in [-0.4, -0.2) is 40.3 Å². The number of nitrogens with one attached hydrogen (secondary N) is 2. The van der Waals surface area contributed by atoms with Crippen LogP contribution in [0.15, 0.2) is 12.1 Å². The van der Waals surface area contributed by atoms with E-state index in [9.17, 15) is 24.5 Å². The Kier molecular flexibility index (Phi) is 4.92. The zero-order chi connectivity index (χ0) is 17.9. The molecule has 1 aliphatic rings. The van der Waals surface area contributed by atoms with Crippen LogP contribution in [0.2, 0.25) is 0 Å². The molecule has 0 aliphatic carbocycles. The number of carbonyl (C=O) groups is 3. The van der Waals surface area contributed by atoms with E-state index in [1.807, 2.05) is 0 Å². The van der Waals surface area contributed by atoms with Gasteiger partial charge in [-0.15, -0.1) is 0 Å². The second-order valence-electron chi connectivity index (χ2n) is 4.92. The molecular weight excluding hydrogens is 322 g/mol. The fraction of sp³-hybridized carbons (Fsp3) is 0.385. The van der Waals surface area contributed by atoms with Gasteiger partial charge in [0.1, 0.15) is 6.54 Å². The number of hydrazine groups is 1. The van der Waals surface area contributed by atoms with Gasteiger partial charge in [0.15, 0.2) is 11.9 Å². The number of ether oxygens (including phenoxy) is 1. The molecule has 1 aromatic rings. The summed E-state index contributed by atoms with van der Waals surface area (Å²) in [5.41, 5.74) is 4.21. The first-order valence-electron chi connectivity index (χ1n) is 7.02. The minimum Gasteiger partial charge on any atom is -0.474 e. The summed E-state index contributed by atoms with van der Waals surface area (Å²) in [6.07, 6.45) is -0.478. The third kappa shape index (κ3) is 3.56. The summed E-state index contributed by atoms with van der Waals surface area (Å²) in [4.78, 5) is 50.0. The van der Waals surface area contributed by atoms with Crippen LogP contribution in [0.5, 0.6) is 5.75 Å². The van der Waals surface area contributed by atoms with E-state index in [2.05, 4.69) is 15.8 Å². The molecule has 11 heteroatoms. The Morgan fingerprint density at radius 1 is 1.42 bits per heavy atom. The number of carbonyl (C=O) groups excluding carboxylic acids is 3. The number of fused-ring (bicyclic) bond motifs is 1. The summed E-state index contributed by atoms with van der Waals surface area (Å²) in [7, 11) is 0. The van der Waals surface area contributed by atoms with E-state index in [0.29, 0.717) is 6.42 Å². The number of nitro groups is 1. The van der Waals surface area contributed by atoms with Gasteiger partial charge in [0.05, 0.1) is 0 Å². The van der Waals surface area contributed by atoms with Gasteiger partial charge in [0.2, 0.25) is 5.91 Å². The van der Waals surface area contributed by atoms with Crippen LogP contribution >= 0.6 is 0 Å². The van der Waals surface area contributed by atoms with Crippen LogP contribution in [0.4, 0.5) is 11.6 Å². The van der Waals surface area contributed by atoms with Gasteiger partial charge in [0, 0.05) is 13.0 Å². The lowest BCUT2D eigenvalue weighted by Gasteiger charge is -2.30. The van der Waals surface area contributed by atoms with Gasteiger partial charge in [-0.1, -0.05) is 6.92 Å². The van der Waals surface area contributed by atoms with E-state index >= 15 is 0 Å². The molecule has 2 N–H and O–H groups in total. The Bertz CT molecular complexity index is 706. The van der Waals surface area contributed by atoms with Gasteiger partial charge in [-0.2, -0.15) is 0 Å². The number of rotatable bonds is 4. The first-order valence-corrected chi connectivity index (χ1v) is 7.02. The van der Waals surface area contributed by atoms with Crippen LogP contribution in [0, 0.1) is 10.1 Å². The standard InChI is InChI=1S/C13H15N5O6/c1-3-8-13(21)17(6-11(20)16-15-7(2)19)12-9(24-8)4-5-10(14-12)18(22)23/h4-5,8H,3,6H2,1-2H3,(H,15,19)(H,16,20). The highest BCUT2D eigenvalue weighted by atomic mass is 16.6. The van der Waals surface area contributed by atoms with Gasteiger partial charge < -0.3 is 14.9 Å². The predicted octanol–water partition coefficient (Wildman–Crippen LogP) is -0.339. The number of pyridine rings is 1. The molecule has 0 spiro atoms. The zero-order valence-corrected chi connectivity index (χ0v) is 12.9. The van der Waals surface area contributed by atoms with Gasteiger partial charge in [-0.25, -0.2) is 0 Å². The minimum absolute atomic E-state index is 0.114. The summed E-state index contributed by atoms with van der Waals surface area (Å²) in [5.74, 6) is -2.15. The Hall–Kier alpha value is -3.24. The molecule has 0 bridgehead atoms. The number of nitrogens with zero attached hydrogens (tertiary/aromatic N) is 3. The summed E-state index contributed by atoms with van der Waals surface area (Å²) in [5, 5.41) is 10.9. The molecule has 2 rings (SSSR count). The van der Waals surface area contributed by atoms with Crippen LogP contribution in [0.3, 0.4) is 0 Å². The third-order valence-electron chi connectivity index (χ3n) is 3.13. The molecule has 2 heterocycles. The molecule has 128 valence electrons. The number of hydrogen-bond acceptors (Lipinski definition) is 7. The van der Waals surface area contributed by atoms with Gasteiger partial charge in [-0.3, -0.25) is 30.1 Å². The Balaban J connectivity index is 2.32. The molecule has 0 radical (unpaired) electrons. The van der Waals surface area contributed by atoms with Crippen molar-refractivity contribution in [3.05, 3.63) is 22.2 Å². The van der Waals surface area contributed by atoms with Crippen molar-refractivity contribution in [2.24, 2.45) is 0 Å². The molecule has 1 aromatic heterocycles. The molecule has 1 aliphatic heterocycles. The largest absolute Gasteiger partial charge is 0.474 e. The van der Waals surface area contributed by atoms with Crippen molar-refractivity contribution in [1.29, 1.82) is 0 Å². The summed E-state index contributed by atoms with van der Waals surface area (Å²) in [6.45, 7) is 2.45. The highest BCUT2D eigenvalue weighted by Crippen LogP contribution is 2.34. The van der Waals surface area contributed by atoms with E-state index in [1.165, 1.54) is 13.0 Å². The van der Waals surface area contributed by atoms with Crippen molar-refractivity contribution in [3.8, 4) is 5.75 Å². The molecule has 3 amide bonds. The van der Waals surface area contributed by atoms with E-state index in [-0.39, 0.29) is 11.6 Å². The number of anilines is 1. The van der Waals surface area contributed by atoms with Crippen LogP contribution in [0.1, 0.15) is 20.3 Å². The van der Waals surface area contributed by atoms with Gasteiger partial charge in [0.25, 0.3) is 17.6 Å². The quantitative estimate of drug-likeness (QED) is 0.565. The smallest absolute Gasteiger partial charge is 0.366 e. The van der Waals surface area contributed by atoms with Crippen molar-refractivity contribution in [2.45, 2.75) is 26.4 Å². The zero-order valence-electron chi connectivity index (χ0n) is 12.9. The Morgan fingerprint density at radius 3 is 2.71 bits per heavy atom. The lowest BCUT2D eigenvalue weighted by atomic mass is 10.2. The molecule has 0 saturated carbocycles. The molecule has 0 saturated heterocycles. The predicted molar refractivity (Wildman–Crippen MR) is 79.9 cm³/mol. The van der Waals surface area contributed by atoms with Crippen LogP contribution in [-0.2, 0) is 14.4 Å². The fourth-order valence-corrected chi connectivity index (χ4v) is 2.05. The maximum absolute atomic E-state index is 12.4. The second-order valence-corrected chi connectivity index (χ2v) is 4.92. The summed E-state index contributed by atoms with van der Waals surface area (Å²) >= 11 is 0. The van der Waals surface area contributed by atoms with Gasteiger partial charge in [-0.05, 0) is 22.4 Å². The first-order chi connectivity index (χ1) is 11.3. The SMILES string of the molecule is CCC1Oc2ccc([N+](=O)[O-])nc2N(CC(=O)NNC(C)=O)C1=O. The number of amides is 3. The summed E-state index contributed by atoms with van der Waals surface area (Å²) in [6, 6.07) is 2.48. The van der Waals surface area contributed by atoms with Crippen molar-refractivity contribution < 1.29 is 24.0 Å². The van der Waals surface area contributed by atoms with Crippen molar-refractivity contribution in [2.75, 3.05) is 11.4 Å². The highest BCUT2D eigenvalue weighted by molar-refractivity contribution is 6.03. The normalized spacial score (nSPS) is 16.0. The molecule has 11 nitrogen and oxygen atoms in total. The minimum atomic E-state index is -0.825. The molecule has 24 heavy (non-hydrogen) atoms. The topological polar surface area (TPSA) is 144 Å². The number of hydrogen-bond donors (Lipinski definition) is 2. The monoisotopic (exact) mass is 337 g/mol. The maximum Gasteiger partial charge on any atom is 0.366 e. The highest BCUT2D eigenvalue weighted by Gasteiger charge is 2.39. The van der Waals surface area contributed by atoms with E-state index < -0.39 is 41.1 Å². The Labute approximate surface area is 136 Å². The lowest BCUT2D eigenvalue weighted by Crippen LogP contribution is -2.52. The van der Waals surface area contributed by atoms with Crippen molar-refractivity contribution >= 4 is 29.4 Å². The van der Waals surface area contributed by atoms with E-state index in [4.69, 9.17) is 4.74 Å². The van der Waals surface area contributed by atoms with Crippen LogP contribution in [0.25, 0.3) is 0 Å². The maximum atomic E-state index is 12.4. The van der Waals surface area contributed by atoms with E-state index in [0.717, 1.165) is 11.0 Å². The third-order valence-corrected chi connectivity index (χ3v) is 3.13. The molecule has 0 fully saturated rings. The van der Waals surface area contributed by atoms with Crippen LogP contribution < -0.4 is 20.5 Å². The molecule has 0 aromatic carbocycles. The fourth-order valence-electron chi connectivity index (χ4n) is 2.05. The average molecular weight is 337 g/mol. The first kappa shape index (κ1) is 17.1.